The third-order valence-corrected chi connectivity index (χ3v) is 5.24. The number of carbonyl (C=O) groups is 2. The van der Waals surface area contributed by atoms with Crippen molar-refractivity contribution in [3.63, 3.8) is 0 Å². The lowest BCUT2D eigenvalue weighted by Crippen LogP contribution is -2.29. The molecule has 2 heterocycles. The van der Waals surface area contributed by atoms with Crippen molar-refractivity contribution in [2.45, 2.75) is 19.5 Å². The number of likely N-dealkylation sites (tertiary alicyclic amines) is 1. The van der Waals surface area contributed by atoms with Gasteiger partial charge in [0.2, 0.25) is 0 Å². The van der Waals surface area contributed by atoms with Gasteiger partial charge in [-0.3, -0.25) is 14.6 Å². The molecule has 1 aromatic heterocycles. The summed E-state index contributed by atoms with van der Waals surface area (Å²) in [6.07, 6.45) is 3.24. The highest BCUT2D eigenvalue weighted by molar-refractivity contribution is 6.46. The molecule has 0 bridgehead atoms. The van der Waals surface area contributed by atoms with Crippen LogP contribution in [0.5, 0.6) is 5.75 Å². The Labute approximate surface area is 184 Å². The van der Waals surface area contributed by atoms with Crippen molar-refractivity contribution in [2.24, 2.45) is 0 Å². The summed E-state index contributed by atoms with van der Waals surface area (Å²) in [6, 6.07) is 14.9. The van der Waals surface area contributed by atoms with Crippen LogP contribution in [0, 0.1) is 5.82 Å². The smallest absolute Gasteiger partial charge is 0.295 e. The maximum absolute atomic E-state index is 13.4. The number of aliphatic hydroxyl groups excluding tert-OH is 1. The molecule has 1 N–H and O–H groups in total. The van der Waals surface area contributed by atoms with Gasteiger partial charge in [0.1, 0.15) is 17.3 Å². The van der Waals surface area contributed by atoms with Crippen LogP contribution in [0.15, 0.2) is 78.6 Å². The molecule has 4 rings (SSSR count). The number of amides is 1. The van der Waals surface area contributed by atoms with E-state index in [-0.39, 0.29) is 23.4 Å². The van der Waals surface area contributed by atoms with Crippen molar-refractivity contribution in [1.82, 2.24) is 9.88 Å². The predicted molar refractivity (Wildman–Crippen MR) is 116 cm³/mol. The Balaban J connectivity index is 1.83. The summed E-state index contributed by atoms with van der Waals surface area (Å²) in [5, 5.41) is 11.0. The number of pyridine rings is 1. The maximum atomic E-state index is 13.4. The zero-order chi connectivity index (χ0) is 22.7. The van der Waals surface area contributed by atoms with E-state index in [1.54, 1.807) is 42.7 Å². The maximum Gasteiger partial charge on any atom is 0.295 e. The predicted octanol–water partition coefficient (Wildman–Crippen LogP) is 4.24. The summed E-state index contributed by atoms with van der Waals surface area (Å²) in [6.45, 7) is 2.51. The molecule has 0 saturated carbocycles. The molecule has 1 aliphatic heterocycles. The summed E-state index contributed by atoms with van der Waals surface area (Å²) in [7, 11) is 0. The number of Topliss-reactive ketones (excluding diaryl/α,β-unsaturated/α-hetero) is 1. The second-order valence-corrected chi connectivity index (χ2v) is 7.30. The van der Waals surface area contributed by atoms with Gasteiger partial charge in [-0.25, -0.2) is 4.39 Å². The third kappa shape index (κ3) is 4.09. The van der Waals surface area contributed by atoms with Crippen LogP contribution in [0.3, 0.4) is 0 Å². The summed E-state index contributed by atoms with van der Waals surface area (Å²) < 4.78 is 18.9. The van der Waals surface area contributed by atoms with E-state index in [1.165, 1.54) is 29.2 Å². The van der Waals surface area contributed by atoms with Gasteiger partial charge in [-0.05, 0) is 60.5 Å². The van der Waals surface area contributed by atoms with Crippen LogP contribution < -0.4 is 4.74 Å². The molecule has 1 aliphatic rings. The van der Waals surface area contributed by atoms with Crippen molar-refractivity contribution in [1.29, 1.82) is 0 Å². The number of rotatable bonds is 6. The molecular weight excluding hydrogens is 411 g/mol. The molecule has 1 saturated heterocycles. The molecular formula is C25H21FN2O4. The van der Waals surface area contributed by atoms with Gasteiger partial charge >= 0.3 is 0 Å². The number of ether oxygens (including phenoxy) is 1. The molecule has 1 amide bonds. The number of hydrogen-bond acceptors (Lipinski definition) is 5. The van der Waals surface area contributed by atoms with E-state index in [9.17, 15) is 19.1 Å². The SMILES string of the molecule is CCOc1ccc(C2/C(=C(\O)c3ccc(F)cc3)C(=O)C(=O)N2Cc2cccnc2)cc1. The fourth-order valence-electron chi connectivity index (χ4n) is 3.75. The highest BCUT2D eigenvalue weighted by Gasteiger charge is 2.46. The van der Waals surface area contributed by atoms with Crippen LogP contribution >= 0.6 is 0 Å². The number of aromatic nitrogens is 1. The van der Waals surface area contributed by atoms with Crippen molar-refractivity contribution in [3.05, 3.63) is 101 Å². The Morgan fingerprint density at radius 3 is 2.44 bits per heavy atom. The number of ketones is 1. The second kappa shape index (κ2) is 9.01. The van der Waals surface area contributed by atoms with Crippen LogP contribution in [0.1, 0.15) is 29.7 Å². The normalized spacial score (nSPS) is 17.6. The number of aliphatic hydroxyl groups is 1. The van der Waals surface area contributed by atoms with Crippen LogP contribution in [0.25, 0.3) is 5.76 Å². The lowest BCUT2D eigenvalue weighted by atomic mass is 9.95. The summed E-state index contributed by atoms with van der Waals surface area (Å²) >= 11 is 0. The number of hydrogen-bond donors (Lipinski definition) is 1. The quantitative estimate of drug-likeness (QED) is 0.358. The van der Waals surface area contributed by atoms with Gasteiger partial charge in [0.15, 0.2) is 0 Å². The Hall–Kier alpha value is -4.00. The summed E-state index contributed by atoms with van der Waals surface area (Å²) in [5.74, 6) is -1.69. The van der Waals surface area contributed by atoms with E-state index >= 15 is 0 Å². The van der Waals surface area contributed by atoms with Crippen LogP contribution in [-0.2, 0) is 16.1 Å². The highest BCUT2D eigenvalue weighted by Crippen LogP contribution is 2.40. The van der Waals surface area contributed by atoms with Crippen molar-refractivity contribution in [3.8, 4) is 5.75 Å². The zero-order valence-electron chi connectivity index (χ0n) is 17.4. The number of halogens is 1. The zero-order valence-corrected chi connectivity index (χ0v) is 17.4. The molecule has 3 aromatic rings. The molecule has 1 atom stereocenters. The fraction of sp³-hybridized carbons (Fsp3) is 0.160. The summed E-state index contributed by atoms with van der Waals surface area (Å²) in [5.41, 5.74) is 1.59. The van der Waals surface area contributed by atoms with Gasteiger partial charge in [0, 0.05) is 24.5 Å². The average Bonchev–Trinajstić information content (AvgIpc) is 3.05. The van der Waals surface area contributed by atoms with Crippen LogP contribution in [-0.4, -0.2) is 33.3 Å². The van der Waals surface area contributed by atoms with Crippen LogP contribution in [0.4, 0.5) is 4.39 Å². The minimum Gasteiger partial charge on any atom is -0.507 e. The Kier molecular flexibility index (Phi) is 5.98. The first-order valence-corrected chi connectivity index (χ1v) is 10.2. The largest absolute Gasteiger partial charge is 0.507 e. The van der Waals surface area contributed by atoms with E-state index in [4.69, 9.17) is 4.74 Å². The van der Waals surface area contributed by atoms with Gasteiger partial charge < -0.3 is 14.7 Å². The van der Waals surface area contributed by atoms with E-state index in [0.29, 0.717) is 17.9 Å². The topological polar surface area (TPSA) is 79.7 Å². The fourth-order valence-corrected chi connectivity index (χ4v) is 3.75. The highest BCUT2D eigenvalue weighted by atomic mass is 19.1. The Morgan fingerprint density at radius 2 is 1.81 bits per heavy atom. The number of nitrogens with zero attached hydrogens (tertiary/aromatic N) is 2. The lowest BCUT2D eigenvalue weighted by Gasteiger charge is -2.25. The van der Waals surface area contributed by atoms with E-state index in [2.05, 4.69) is 4.98 Å². The van der Waals surface area contributed by atoms with Crippen LogP contribution in [0.2, 0.25) is 0 Å². The molecule has 32 heavy (non-hydrogen) atoms. The molecule has 2 aromatic carbocycles. The van der Waals surface area contributed by atoms with Crippen molar-refractivity contribution in [2.75, 3.05) is 6.61 Å². The second-order valence-electron chi connectivity index (χ2n) is 7.30. The average molecular weight is 432 g/mol. The first-order chi connectivity index (χ1) is 15.5. The Morgan fingerprint density at radius 1 is 1.09 bits per heavy atom. The monoisotopic (exact) mass is 432 g/mol. The summed E-state index contributed by atoms with van der Waals surface area (Å²) in [4.78, 5) is 31.5. The first kappa shape index (κ1) is 21.2. The van der Waals surface area contributed by atoms with E-state index < -0.39 is 23.5 Å². The van der Waals surface area contributed by atoms with Gasteiger partial charge in [0.05, 0.1) is 18.2 Å². The lowest BCUT2D eigenvalue weighted by molar-refractivity contribution is -0.140. The molecule has 7 heteroatoms. The third-order valence-electron chi connectivity index (χ3n) is 5.24. The van der Waals surface area contributed by atoms with Gasteiger partial charge in [-0.2, -0.15) is 0 Å². The number of benzene rings is 2. The van der Waals surface area contributed by atoms with E-state index in [0.717, 1.165) is 5.56 Å². The first-order valence-electron chi connectivity index (χ1n) is 10.2. The molecule has 6 nitrogen and oxygen atoms in total. The van der Waals surface area contributed by atoms with Crippen molar-refractivity contribution < 1.29 is 23.8 Å². The Bertz CT molecular complexity index is 1160. The minimum atomic E-state index is -0.823. The molecule has 0 radical (unpaired) electrons. The number of carbonyl (C=O) groups excluding carboxylic acids is 2. The van der Waals surface area contributed by atoms with Gasteiger partial charge in [-0.15, -0.1) is 0 Å². The molecule has 1 fully saturated rings. The standard InChI is InChI=1S/C25H21FN2O4/c1-2-32-20-11-7-17(8-12-20)22-21(23(29)18-5-9-19(26)10-6-18)24(30)25(31)28(22)15-16-4-3-13-27-14-16/h3-14,22,29H,2,15H2,1H3/b23-21+. The molecule has 162 valence electrons. The molecule has 0 spiro atoms. The van der Waals surface area contributed by atoms with E-state index in [1.807, 2.05) is 13.0 Å². The van der Waals surface area contributed by atoms with Crippen molar-refractivity contribution >= 4 is 17.4 Å². The minimum absolute atomic E-state index is 0.0466. The van der Waals surface area contributed by atoms with Gasteiger partial charge in [-0.1, -0.05) is 18.2 Å². The molecule has 1 unspecified atom stereocenters. The van der Waals surface area contributed by atoms with Gasteiger partial charge in [0.25, 0.3) is 11.7 Å². The molecule has 0 aliphatic carbocycles.